The molecule has 1 amide bonds. The van der Waals surface area contributed by atoms with Crippen LogP contribution >= 0.6 is 0 Å². The van der Waals surface area contributed by atoms with Crippen LogP contribution in [0.1, 0.15) is 26.2 Å². The number of hydrogen-bond donors (Lipinski definition) is 2. The van der Waals surface area contributed by atoms with Crippen molar-refractivity contribution < 1.29 is 4.79 Å². The molecule has 19 heavy (non-hydrogen) atoms. The lowest BCUT2D eigenvalue weighted by Gasteiger charge is -2.31. The van der Waals surface area contributed by atoms with E-state index < -0.39 is 0 Å². The summed E-state index contributed by atoms with van der Waals surface area (Å²) >= 11 is 0. The molecular formula is C14H28N4O. The van der Waals surface area contributed by atoms with Crippen molar-refractivity contribution in [1.29, 1.82) is 0 Å². The molecule has 5 heteroatoms. The van der Waals surface area contributed by atoms with Crippen LogP contribution in [0.3, 0.4) is 0 Å². The highest BCUT2D eigenvalue weighted by Crippen LogP contribution is 2.10. The number of nitrogens with zero attached hydrogens (tertiary/aromatic N) is 2. The van der Waals surface area contributed by atoms with Gasteiger partial charge in [-0.1, -0.05) is 6.92 Å². The summed E-state index contributed by atoms with van der Waals surface area (Å²) in [4.78, 5) is 16.7. The normalized spacial score (nSPS) is 24.1. The fraction of sp³-hybridized carbons (Fsp3) is 0.929. The predicted molar refractivity (Wildman–Crippen MR) is 77.2 cm³/mol. The monoisotopic (exact) mass is 268 g/mol. The number of nitrogens with one attached hydrogen (secondary N) is 2. The highest BCUT2D eigenvalue weighted by molar-refractivity contribution is 5.76. The molecule has 0 aromatic rings. The standard InChI is InChI=1S/C14H28N4O/c1-2-8-17(13-3-5-16-12-13)9-4-14(19)18-10-6-15-7-11-18/h13,15-16H,2-12H2,1H3. The number of carbonyl (C=O) groups excluding carboxylic acids is 1. The van der Waals surface area contributed by atoms with Crippen LogP contribution in [0.15, 0.2) is 0 Å². The van der Waals surface area contributed by atoms with Crippen molar-refractivity contribution >= 4 is 5.91 Å². The third-order valence-electron chi connectivity index (χ3n) is 4.14. The van der Waals surface area contributed by atoms with Crippen LogP contribution in [-0.4, -0.2) is 74.1 Å². The predicted octanol–water partition coefficient (Wildman–Crippen LogP) is -0.118. The van der Waals surface area contributed by atoms with Gasteiger partial charge >= 0.3 is 0 Å². The fourth-order valence-corrected chi connectivity index (χ4v) is 3.03. The molecule has 0 saturated carbocycles. The molecule has 1 unspecified atom stereocenters. The van der Waals surface area contributed by atoms with Crippen LogP contribution in [0, 0.1) is 0 Å². The van der Waals surface area contributed by atoms with Crippen molar-refractivity contribution in [3.8, 4) is 0 Å². The maximum absolute atomic E-state index is 12.2. The van der Waals surface area contributed by atoms with E-state index in [9.17, 15) is 4.79 Å². The summed E-state index contributed by atoms with van der Waals surface area (Å²) in [7, 11) is 0. The van der Waals surface area contributed by atoms with E-state index in [1.165, 1.54) is 12.8 Å². The van der Waals surface area contributed by atoms with E-state index in [0.29, 0.717) is 18.4 Å². The second kappa shape index (κ2) is 7.82. The number of hydrogen-bond acceptors (Lipinski definition) is 4. The van der Waals surface area contributed by atoms with Gasteiger partial charge in [0.15, 0.2) is 0 Å². The van der Waals surface area contributed by atoms with Gasteiger partial charge in [-0.15, -0.1) is 0 Å². The number of carbonyl (C=O) groups is 1. The Hall–Kier alpha value is -0.650. The lowest BCUT2D eigenvalue weighted by molar-refractivity contribution is -0.132. The van der Waals surface area contributed by atoms with Crippen molar-refractivity contribution in [2.24, 2.45) is 0 Å². The van der Waals surface area contributed by atoms with Crippen molar-refractivity contribution in [3.05, 3.63) is 0 Å². The van der Waals surface area contributed by atoms with E-state index in [2.05, 4.69) is 22.5 Å². The summed E-state index contributed by atoms with van der Waals surface area (Å²) in [5.41, 5.74) is 0. The molecule has 2 fully saturated rings. The first-order valence-corrected chi connectivity index (χ1v) is 7.74. The summed E-state index contributed by atoms with van der Waals surface area (Å²) in [6.45, 7) is 10.1. The molecule has 1 atom stereocenters. The first-order valence-electron chi connectivity index (χ1n) is 7.74. The lowest BCUT2D eigenvalue weighted by Crippen LogP contribution is -2.47. The Balaban J connectivity index is 1.75. The van der Waals surface area contributed by atoms with Gasteiger partial charge in [-0.05, 0) is 25.9 Å². The summed E-state index contributed by atoms with van der Waals surface area (Å²) in [6.07, 6.45) is 3.07. The summed E-state index contributed by atoms with van der Waals surface area (Å²) in [5, 5.41) is 6.70. The van der Waals surface area contributed by atoms with Crippen molar-refractivity contribution in [3.63, 3.8) is 0 Å². The Morgan fingerprint density at radius 2 is 2.00 bits per heavy atom. The minimum atomic E-state index is 0.327. The average Bonchev–Trinajstić information content (AvgIpc) is 2.98. The topological polar surface area (TPSA) is 47.6 Å². The van der Waals surface area contributed by atoms with Gasteiger partial charge in [-0.2, -0.15) is 0 Å². The van der Waals surface area contributed by atoms with E-state index in [-0.39, 0.29) is 0 Å². The largest absolute Gasteiger partial charge is 0.340 e. The Kier molecular flexibility index (Phi) is 6.07. The molecule has 0 aromatic heterocycles. The fourth-order valence-electron chi connectivity index (χ4n) is 3.03. The summed E-state index contributed by atoms with van der Waals surface area (Å²) in [5.74, 6) is 0.327. The van der Waals surface area contributed by atoms with Gasteiger partial charge in [0, 0.05) is 51.7 Å². The number of amides is 1. The van der Waals surface area contributed by atoms with Gasteiger partial charge in [-0.3, -0.25) is 9.69 Å². The molecule has 5 nitrogen and oxygen atoms in total. The maximum atomic E-state index is 12.2. The van der Waals surface area contributed by atoms with Crippen molar-refractivity contribution in [2.45, 2.75) is 32.2 Å². The molecule has 0 aromatic carbocycles. The molecule has 2 aliphatic rings. The zero-order valence-electron chi connectivity index (χ0n) is 12.2. The highest BCUT2D eigenvalue weighted by Gasteiger charge is 2.23. The van der Waals surface area contributed by atoms with E-state index in [0.717, 1.165) is 52.4 Å². The van der Waals surface area contributed by atoms with Crippen LogP contribution in [0.25, 0.3) is 0 Å². The Morgan fingerprint density at radius 3 is 2.63 bits per heavy atom. The smallest absolute Gasteiger partial charge is 0.223 e. The molecule has 0 bridgehead atoms. The van der Waals surface area contributed by atoms with Gasteiger partial charge in [0.25, 0.3) is 0 Å². The van der Waals surface area contributed by atoms with Gasteiger partial charge in [-0.25, -0.2) is 0 Å². The first kappa shape index (κ1) is 14.8. The summed E-state index contributed by atoms with van der Waals surface area (Å²) in [6, 6.07) is 0.635. The van der Waals surface area contributed by atoms with E-state index in [4.69, 9.17) is 0 Å². The Morgan fingerprint density at radius 1 is 1.21 bits per heavy atom. The third kappa shape index (κ3) is 4.44. The van der Waals surface area contributed by atoms with Gasteiger partial charge < -0.3 is 15.5 Å². The molecule has 0 spiro atoms. The second-order valence-corrected chi connectivity index (χ2v) is 5.56. The number of piperazine rings is 1. The molecule has 0 aliphatic carbocycles. The number of rotatable bonds is 6. The van der Waals surface area contributed by atoms with Crippen LogP contribution < -0.4 is 10.6 Å². The lowest BCUT2D eigenvalue weighted by atomic mass is 10.2. The highest BCUT2D eigenvalue weighted by atomic mass is 16.2. The first-order chi connectivity index (χ1) is 9.31. The van der Waals surface area contributed by atoms with Gasteiger partial charge in [0.1, 0.15) is 0 Å². The molecule has 2 saturated heterocycles. The average molecular weight is 268 g/mol. The molecule has 110 valence electrons. The van der Waals surface area contributed by atoms with Gasteiger partial charge in [0.05, 0.1) is 0 Å². The molecule has 2 N–H and O–H groups in total. The van der Waals surface area contributed by atoms with Crippen LogP contribution in [0.2, 0.25) is 0 Å². The van der Waals surface area contributed by atoms with Gasteiger partial charge in [0.2, 0.25) is 5.91 Å². The molecule has 2 aliphatic heterocycles. The minimum Gasteiger partial charge on any atom is -0.340 e. The SMILES string of the molecule is CCCN(CCC(=O)N1CCNCC1)C1CCNC1. The quantitative estimate of drug-likeness (QED) is 0.705. The van der Waals surface area contributed by atoms with E-state index in [1.54, 1.807) is 0 Å². The van der Waals surface area contributed by atoms with Crippen LogP contribution in [0.5, 0.6) is 0 Å². The second-order valence-electron chi connectivity index (χ2n) is 5.56. The van der Waals surface area contributed by atoms with Crippen molar-refractivity contribution in [2.75, 3.05) is 52.4 Å². The van der Waals surface area contributed by atoms with Crippen molar-refractivity contribution in [1.82, 2.24) is 20.4 Å². The van der Waals surface area contributed by atoms with E-state index in [1.807, 2.05) is 4.90 Å². The molecule has 2 heterocycles. The molecule has 0 radical (unpaired) electrons. The summed E-state index contributed by atoms with van der Waals surface area (Å²) < 4.78 is 0. The van der Waals surface area contributed by atoms with E-state index >= 15 is 0 Å². The minimum absolute atomic E-state index is 0.327. The van der Waals surface area contributed by atoms with Crippen LogP contribution in [0.4, 0.5) is 0 Å². The van der Waals surface area contributed by atoms with Crippen LogP contribution in [-0.2, 0) is 4.79 Å². The molecule has 2 rings (SSSR count). The zero-order chi connectivity index (χ0) is 13.5. The molecular weight excluding hydrogens is 240 g/mol. The Bertz CT molecular complexity index is 273. The Labute approximate surface area is 116 Å². The third-order valence-corrected chi connectivity index (χ3v) is 4.14. The zero-order valence-corrected chi connectivity index (χ0v) is 12.2. The maximum Gasteiger partial charge on any atom is 0.223 e.